The van der Waals surface area contributed by atoms with Crippen LogP contribution in [0.1, 0.15) is 106 Å². The van der Waals surface area contributed by atoms with Crippen molar-refractivity contribution in [1.82, 2.24) is 0 Å². The lowest BCUT2D eigenvalue weighted by Gasteiger charge is -2.59. The van der Waals surface area contributed by atoms with Crippen molar-refractivity contribution >= 4 is 0 Å². The maximum atomic E-state index is 12.2. The van der Waals surface area contributed by atoms with E-state index in [2.05, 4.69) is 33.8 Å². The number of allylic oxidation sites excluding steroid dienone is 1. The summed E-state index contributed by atoms with van der Waals surface area (Å²) in [7, 11) is 0. The average Bonchev–Trinajstić information content (AvgIpc) is 3.79. The van der Waals surface area contributed by atoms with Crippen LogP contribution in [0.25, 0.3) is 0 Å². The minimum atomic E-state index is -1.85. The first-order chi connectivity index (χ1) is 33.6. The molecule has 71 heavy (non-hydrogen) atoms. The third kappa shape index (κ3) is 9.03. The molecule has 0 amide bonds. The van der Waals surface area contributed by atoms with Crippen molar-refractivity contribution in [3.05, 3.63) is 11.6 Å². The third-order valence-corrected chi connectivity index (χ3v) is 19.7. The van der Waals surface area contributed by atoms with Crippen LogP contribution in [0.5, 0.6) is 0 Å². The van der Waals surface area contributed by atoms with Crippen molar-refractivity contribution < 1.29 is 98.4 Å². The summed E-state index contributed by atoms with van der Waals surface area (Å²) in [6, 6.07) is 0. The minimum Gasteiger partial charge on any atom is -0.394 e. The second-order valence-electron chi connectivity index (χ2n) is 23.8. The second kappa shape index (κ2) is 20.1. The predicted octanol–water partition coefficient (Wildman–Crippen LogP) is 0.0935. The quantitative estimate of drug-likeness (QED) is 0.137. The number of fused-ring (bicyclic) bond motifs is 7. The Morgan fingerprint density at radius 3 is 1.82 bits per heavy atom. The molecule has 0 radical (unpaired) electrons. The molecule has 1 spiro atoms. The zero-order valence-electron chi connectivity index (χ0n) is 42.1. The summed E-state index contributed by atoms with van der Waals surface area (Å²) in [6.07, 6.45) is -19.0. The summed E-state index contributed by atoms with van der Waals surface area (Å²) in [5.74, 6) is 2.46. The van der Waals surface area contributed by atoms with Crippen LogP contribution >= 0.6 is 0 Å². The fourth-order valence-corrected chi connectivity index (χ4v) is 15.4. The zero-order chi connectivity index (χ0) is 50.8. The van der Waals surface area contributed by atoms with Crippen LogP contribution < -0.4 is 0 Å². The Labute approximate surface area is 415 Å². The number of aliphatic hydroxyl groups is 10. The van der Waals surface area contributed by atoms with Gasteiger partial charge in [-0.05, 0) is 113 Å². The summed E-state index contributed by atoms with van der Waals surface area (Å²) >= 11 is 0. The van der Waals surface area contributed by atoms with Gasteiger partial charge >= 0.3 is 0 Å². The molecule has 0 aromatic carbocycles. The van der Waals surface area contributed by atoms with Gasteiger partial charge < -0.3 is 98.4 Å². The van der Waals surface area contributed by atoms with E-state index in [0.717, 1.165) is 51.6 Å². The summed E-state index contributed by atoms with van der Waals surface area (Å²) in [4.78, 5) is 0. The molecule has 6 saturated heterocycles. The lowest BCUT2D eigenvalue weighted by atomic mass is 9.47. The molecule has 10 aliphatic rings. The first-order valence-electron chi connectivity index (χ1n) is 26.6. The van der Waals surface area contributed by atoms with Gasteiger partial charge in [-0.15, -0.1) is 0 Å². The Morgan fingerprint density at radius 1 is 0.592 bits per heavy atom. The molecular weight excluding hydrogens is 933 g/mol. The Bertz CT molecular complexity index is 1890. The monoisotopic (exact) mass is 1010 g/mol. The van der Waals surface area contributed by atoms with Gasteiger partial charge in [-0.2, -0.15) is 0 Å². The molecule has 406 valence electrons. The van der Waals surface area contributed by atoms with E-state index in [4.69, 9.17) is 47.4 Å². The van der Waals surface area contributed by atoms with E-state index in [1.165, 1.54) is 26.3 Å². The van der Waals surface area contributed by atoms with Crippen LogP contribution in [0.15, 0.2) is 11.6 Å². The van der Waals surface area contributed by atoms with Crippen LogP contribution in [0, 0.1) is 46.3 Å². The standard InChI is InChI=1S/C51H82O20/c1-20-10-15-51(62-19-20)21(2)32-30(71-51)17-29-27-9-8-25-16-26(11-13-49(25,6)28(27)12-14-50(29,32)7)66-48-44(70-46-39(59)36(56)34(54)23(4)64-46)41(61)43(31(18-52)67-48)69-47-40(60)37(57)42(24(5)65-47)68-45-38(58)35(55)33(53)22(3)63-45/h8,20-24,26-48,52-61H,9-19H2,1-7H3/t20-,21-,22-,23-,24-,26-,27+,28-,29-,30-,31+,32-,33-,34-,35+,36+,37-,38+,39+,40+,41-,42-,43+,44+,45-,46-,47-,48+,49-,50-,51+/m0/s1. The zero-order valence-corrected chi connectivity index (χ0v) is 42.1. The Balaban J connectivity index is 0.836. The smallest absolute Gasteiger partial charge is 0.187 e. The molecule has 3 saturated carbocycles. The lowest BCUT2D eigenvalue weighted by Crippen LogP contribution is -2.67. The van der Waals surface area contributed by atoms with Gasteiger partial charge in [-0.25, -0.2) is 0 Å². The van der Waals surface area contributed by atoms with Gasteiger partial charge in [0.15, 0.2) is 30.9 Å². The molecule has 6 aliphatic heterocycles. The Kier molecular flexibility index (Phi) is 15.1. The molecule has 4 aliphatic carbocycles. The van der Waals surface area contributed by atoms with Crippen molar-refractivity contribution in [3.63, 3.8) is 0 Å². The van der Waals surface area contributed by atoms with E-state index in [9.17, 15) is 51.1 Å². The van der Waals surface area contributed by atoms with Gasteiger partial charge in [0.1, 0.15) is 79.4 Å². The number of hydrogen-bond acceptors (Lipinski definition) is 20. The summed E-state index contributed by atoms with van der Waals surface area (Å²) in [5, 5.41) is 109. The fraction of sp³-hybridized carbons (Fsp3) is 0.961. The minimum absolute atomic E-state index is 0.0569. The fourth-order valence-electron chi connectivity index (χ4n) is 15.4. The van der Waals surface area contributed by atoms with Crippen LogP contribution in [-0.4, -0.2) is 205 Å². The van der Waals surface area contributed by atoms with Crippen LogP contribution in [0.2, 0.25) is 0 Å². The summed E-state index contributed by atoms with van der Waals surface area (Å²) in [5.41, 5.74) is 1.44. The SMILES string of the molecule is C[C@H]1CC[C@@]2(OC1)O[C@H]1C[C@H]3[C@@H]4CC=C5C[C@@H](O[C@@H]6O[C@H](CO)[C@@H](O[C@@H]7O[C@@H](C)[C@H](O[C@@H]8O[C@@H](C)[C@H](O)[C@@H](O)[C@H]8O)[C@@H](O)[C@H]7O)[C@H](O)[C@H]6O[C@@H]6O[C@@H](C)[C@H](O)[C@@H](O)[C@H]6O)CC[C@]5(C)[C@H]4CC[C@]3(C)[C@H]1[C@@H]2C. The molecule has 6 heterocycles. The lowest BCUT2D eigenvalue weighted by molar-refractivity contribution is -0.394. The highest BCUT2D eigenvalue weighted by atomic mass is 16.8. The first kappa shape index (κ1) is 53.3. The van der Waals surface area contributed by atoms with Crippen molar-refractivity contribution in [2.75, 3.05) is 13.2 Å². The maximum absolute atomic E-state index is 12.2. The van der Waals surface area contributed by atoms with Crippen LogP contribution in [0.4, 0.5) is 0 Å². The second-order valence-corrected chi connectivity index (χ2v) is 23.8. The molecule has 20 nitrogen and oxygen atoms in total. The van der Waals surface area contributed by atoms with Gasteiger partial charge in [0.05, 0.1) is 43.7 Å². The number of rotatable bonds is 9. The molecule has 10 N–H and O–H groups in total. The molecule has 0 bridgehead atoms. The average molecular weight is 1020 g/mol. The molecular formula is C51H82O20. The van der Waals surface area contributed by atoms with E-state index in [-0.39, 0.29) is 16.9 Å². The molecule has 0 unspecified atom stereocenters. The maximum Gasteiger partial charge on any atom is 0.187 e. The van der Waals surface area contributed by atoms with Gasteiger partial charge in [0.25, 0.3) is 0 Å². The molecule has 31 atom stereocenters. The number of hydrogen-bond donors (Lipinski definition) is 10. The van der Waals surface area contributed by atoms with Gasteiger partial charge in [-0.3, -0.25) is 0 Å². The number of ether oxygens (including phenoxy) is 10. The molecule has 10 rings (SSSR count). The molecule has 0 aromatic rings. The summed E-state index contributed by atoms with van der Waals surface area (Å²) in [6.45, 7) is 14.1. The van der Waals surface area contributed by atoms with E-state index in [1.54, 1.807) is 0 Å². The highest BCUT2D eigenvalue weighted by molar-refractivity contribution is 5.26. The van der Waals surface area contributed by atoms with Crippen LogP contribution in [-0.2, 0) is 47.4 Å². The highest BCUT2D eigenvalue weighted by Crippen LogP contribution is 2.71. The predicted molar refractivity (Wildman–Crippen MR) is 244 cm³/mol. The molecule has 0 aromatic heterocycles. The van der Waals surface area contributed by atoms with Gasteiger partial charge in [0, 0.05) is 12.3 Å². The first-order valence-corrected chi connectivity index (χ1v) is 26.6. The van der Waals surface area contributed by atoms with Crippen molar-refractivity contribution in [2.24, 2.45) is 46.3 Å². The van der Waals surface area contributed by atoms with E-state index >= 15 is 0 Å². The van der Waals surface area contributed by atoms with Gasteiger partial charge in [0.2, 0.25) is 0 Å². The summed E-state index contributed by atoms with van der Waals surface area (Å²) < 4.78 is 62.2. The van der Waals surface area contributed by atoms with Crippen LogP contribution in [0.3, 0.4) is 0 Å². The highest BCUT2D eigenvalue weighted by Gasteiger charge is 2.69. The van der Waals surface area contributed by atoms with E-state index < -0.39 is 141 Å². The van der Waals surface area contributed by atoms with Crippen molar-refractivity contribution in [3.8, 4) is 0 Å². The van der Waals surface area contributed by atoms with Crippen molar-refractivity contribution in [2.45, 2.75) is 247 Å². The van der Waals surface area contributed by atoms with Crippen molar-refractivity contribution in [1.29, 1.82) is 0 Å². The Morgan fingerprint density at radius 2 is 1.20 bits per heavy atom. The van der Waals surface area contributed by atoms with E-state index in [0.29, 0.717) is 48.3 Å². The third-order valence-electron chi connectivity index (χ3n) is 19.7. The Hall–Kier alpha value is -1.06. The van der Waals surface area contributed by atoms with Gasteiger partial charge in [-0.1, -0.05) is 39.3 Å². The van der Waals surface area contributed by atoms with E-state index in [1.807, 2.05) is 0 Å². The largest absolute Gasteiger partial charge is 0.394 e. The number of aliphatic hydroxyl groups excluding tert-OH is 10. The topological polar surface area (TPSA) is 295 Å². The molecule has 20 heteroatoms. The molecule has 9 fully saturated rings. The normalized spacial score (nSPS) is 58.4.